The minimum absolute atomic E-state index is 0.166. The van der Waals surface area contributed by atoms with Gasteiger partial charge in [0, 0.05) is 25.3 Å². The molecule has 1 aromatic heterocycles. The van der Waals surface area contributed by atoms with Gasteiger partial charge in [-0.05, 0) is 12.1 Å². The average molecular weight is 276 g/mol. The molecule has 0 spiro atoms. The van der Waals surface area contributed by atoms with Crippen molar-refractivity contribution in [2.24, 2.45) is 0 Å². The SMILES string of the molecule is COCCNC(=O)c1cc(-c2cccc(OC)c2)no1. The van der Waals surface area contributed by atoms with Crippen molar-refractivity contribution < 1.29 is 18.8 Å². The van der Waals surface area contributed by atoms with Gasteiger partial charge in [0.15, 0.2) is 0 Å². The van der Waals surface area contributed by atoms with Crippen LogP contribution in [0.15, 0.2) is 34.9 Å². The van der Waals surface area contributed by atoms with E-state index in [1.807, 2.05) is 24.3 Å². The zero-order valence-electron chi connectivity index (χ0n) is 11.4. The van der Waals surface area contributed by atoms with Crippen molar-refractivity contribution in [1.82, 2.24) is 10.5 Å². The van der Waals surface area contributed by atoms with Crippen LogP contribution in [0, 0.1) is 0 Å². The summed E-state index contributed by atoms with van der Waals surface area (Å²) in [6, 6.07) is 8.97. The molecule has 0 unspecified atom stereocenters. The van der Waals surface area contributed by atoms with Gasteiger partial charge in [0.25, 0.3) is 5.91 Å². The second-order valence-electron chi connectivity index (χ2n) is 4.06. The number of amides is 1. The number of nitrogens with zero attached hydrogens (tertiary/aromatic N) is 1. The molecule has 6 heteroatoms. The van der Waals surface area contributed by atoms with E-state index in [-0.39, 0.29) is 11.7 Å². The fraction of sp³-hybridized carbons (Fsp3) is 0.286. The van der Waals surface area contributed by atoms with Gasteiger partial charge in [0.05, 0.1) is 13.7 Å². The first kappa shape index (κ1) is 14.1. The van der Waals surface area contributed by atoms with Crippen LogP contribution < -0.4 is 10.1 Å². The fourth-order valence-electron chi connectivity index (χ4n) is 1.65. The Morgan fingerprint density at radius 2 is 2.20 bits per heavy atom. The lowest BCUT2D eigenvalue weighted by Gasteiger charge is -2.00. The molecule has 6 nitrogen and oxygen atoms in total. The third kappa shape index (κ3) is 3.36. The summed E-state index contributed by atoms with van der Waals surface area (Å²) >= 11 is 0. The van der Waals surface area contributed by atoms with Gasteiger partial charge in [-0.15, -0.1) is 0 Å². The van der Waals surface area contributed by atoms with Crippen LogP contribution in [0.2, 0.25) is 0 Å². The van der Waals surface area contributed by atoms with Crippen LogP contribution in [-0.2, 0) is 4.74 Å². The Labute approximate surface area is 116 Å². The molecule has 0 saturated heterocycles. The summed E-state index contributed by atoms with van der Waals surface area (Å²) in [4.78, 5) is 11.8. The van der Waals surface area contributed by atoms with Crippen LogP contribution in [0.1, 0.15) is 10.6 Å². The number of hydrogen-bond donors (Lipinski definition) is 1. The second-order valence-corrected chi connectivity index (χ2v) is 4.06. The Balaban J connectivity index is 2.09. The molecule has 0 aliphatic heterocycles. The van der Waals surface area contributed by atoms with E-state index >= 15 is 0 Å². The Morgan fingerprint density at radius 3 is 2.95 bits per heavy atom. The molecule has 0 fully saturated rings. The number of nitrogens with one attached hydrogen (secondary N) is 1. The van der Waals surface area contributed by atoms with Gasteiger partial charge in [-0.2, -0.15) is 0 Å². The maximum absolute atomic E-state index is 11.8. The van der Waals surface area contributed by atoms with Crippen molar-refractivity contribution in [3.63, 3.8) is 0 Å². The molecule has 1 N–H and O–H groups in total. The van der Waals surface area contributed by atoms with E-state index in [4.69, 9.17) is 14.0 Å². The molecule has 20 heavy (non-hydrogen) atoms. The largest absolute Gasteiger partial charge is 0.497 e. The molecule has 0 saturated carbocycles. The van der Waals surface area contributed by atoms with Crippen molar-refractivity contribution in [3.05, 3.63) is 36.1 Å². The fourth-order valence-corrected chi connectivity index (χ4v) is 1.65. The van der Waals surface area contributed by atoms with Crippen LogP contribution in [0.5, 0.6) is 5.75 Å². The van der Waals surface area contributed by atoms with Crippen molar-refractivity contribution in [2.75, 3.05) is 27.4 Å². The Kier molecular flexibility index (Phi) is 4.73. The van der Waals surface area contributed by atoms with Gasteiger partial charge in [-0.3, -0.25) is 4.79 Å². The molecule has 0 aliphatic rings. The summed E-state index contributed by atoms with van der Waals surface area (Å²) in [7, 11) is 3.16. The molecule has 1 heterocycles. The molecule has 0 bridgehead atoms. The van der Waals surface area contributed by atoms with Crippen molar-refractivity contribution in [3.8, 4) is 17.0 Å². The first-order chi connectivity index (χ1) is 9.74. The Morgan fingerprint density at radius 1 is 1.35 bits per heavy atom. The van der Waals surface area contributed by atoms with Gasteiger partial charge in [-0.25, -0.2) is 0 Å². The predicted molar refractivity (Wildman–Crippen MR) is 72.7 cm³/mol. The first-order valence-corrected chi connectivity index (χ1v) is 6.13. The highest BCUT2D eigenvalue weighted by Crippen LogP contribution is 2.23. The highest BCUT2D eigenvalue weighted by Gasteiger charge is 2.13. The lowest BCUT2D eigenvalue weighted by Crippen LogP contribution is -2.26. The summed E-state index contributed by atoms with van der Waals surface area (Å²) in [5.74, 6) is 0.569. The molecule has 106 valence electrons. The van der Waals surface area contributed by atoms with E-state index < -0.39 is 0 Å². The van der Waals surface area contributed by atoms with Crippen molar-refractivity contribution in [1.29, 1.82) is 0 Å². The number of aromatic nitrogens is 1. The molecule has 0 radical (unpaired) electrons. The van der Waals surface area contributed by atoms with Gasteiger partial charge < -0.3 is 19.3 Å². The maximum Gasteiger partial charge on any atom is 0.289 e. The summed E-state index contributed by atoms with van der Waals surface area (Å²) in [6.45, 7) is 0.868. The number of benzene rings is 1. The molecule has 0 atom stereocenters. The Hall–Kier alpha value is -2.34. The third-order valence-electron chi connectivity index (χ3n) is 2.69. The van der Waals surface area contributed by atoms with E-state index in [1.165, 1.54) is 0 Å². The standard InChI is InChI=1S/C14H16N2O4/c1-18-7-6-15-14(17)13-9-12(16-20-13)10-4-3-5-11(8-10)19-2/h3-5,8-9H,6-7H2,1-2H3,(H,15,17). The highest BCUT2D eigenvalue weighted by molar-refractivity contribution is 5.92. The predicted octanol–water partition coefficient (Wildman–Crippen LogP) is 1.73. The molecule has 1 aromatic carbocycles. The molecule has 0 aliphatic carbocycles. The summed E-state index contributed by atoms with van der Waals surface area (Å²) in [5, 5.41) is 6.55. The maximum atomic E-state index is 11.8. The lowest BCUT2D eigenvalue weighted by molar-refractivity contribution is 0.0900. The summed E-state index contributed by atoms with van der Waals surface area (Å²) < 4.78 is 15.0. The minimum atomic E-state index is -0.316. The van der Waals surface area contributed by atoms with Crippen LogP contribution in [0.4, 0.5) is 0 Å². The average Bonchev–Trinajstić information content (AvgIpc) is 2.97. The van der Waals surface area contributed by atoms with Crippen molar-refractivity contribution in [2.45, 2.75) is 0 Å². The zero-order valence-corrected chi connectivity index (χ0v) is 11.4. The molecule has 1 amide bonds. The van der Waals surface area contributed by atoms with E-state index in [1.54, 1.807) is 20.3 Å². The second kappa shape index (κ2) is 6.72. The molecule has 2 aromatic rings. The van der Waals surface area contributed by atoms with Gasteiger partial charge in [0.2, 0.25) is 5.76 Å². The smallest absolute Gasteiger partial charge is 0.289 e. The van der Waals surface area contributed by atoms with E-state index in [2.05, 4.69) is 10.5 Å². The summed E-state index contributed by atoms with van der Waals surface area (Å²) in [5.41, 5.74) is 1.41. The first-order valence-electron chi connectivity index (χ1n) is 6.13. The molecular formula is C14H16N2O4. The van der Waals surface area contributed by atoms with Gasteiger partial charge >= 0.3 is 0 Å². The number of hydrogen-bond acceptors (Lipinski definition) is 5. The number of methoxy groups -OCH3 is 2. The molecule has 2 rings (SSSR count). The zero-order chi connectivity index (χ0) is 14.4. The topological polar surface area (TPSA) is 73.6 Å². The van der Waals surface area contributed by atoms with Crippen LogP contribution >= 0.6 is 0 Å². The van der Waals surface area contributed by atoms with Crippen molar-refractivity contribution >= 4 is 5.91 Å². The number of ether oxygens (including phenoxy) is 2. The van der Waals surface area contributed by atoms with Crippen LogP contribution in [0.25, 0.3) is 11.3 Å². The Bertz CT molecular complexity index is 580. The number of carbonyl (C=O) groups is 1. The quantitative estimate of drug-likeness (QED) is 0.813. The minimum Gasteiger partial charge on any atom is -0.497 e. The number of rotatable bonds is 6. The number of carbonyl (C=O) groups excluding carboxylic acids is 1. The van der Waals surface area contributed by atoms with E-state index in [9.17, 15) is 4.79 Å². The third-order valence-corrected chi connectivity index (χ3v) is 2.69. The van der Waals surface area contributed by atoms with E-state index in [0.29, 0.717) is 18.8 Å². The van der Waals surface area contributed by atoms with Gasteiger partial charge in [0.1, 0.15) is 11.4 Å². The van der Waals surface area contributed by atoms with Gasteiger partial charge in [-0.1, -0.05) is 17.3 Å². The van der Waals surface area contributed by atoms with Crippen LogP contribution in [0.3, 0.4) is 0 Å². The highest BCUT2D eigenvalue weighted by atomic mass is 16.5. The van der Waals surface area contributed by atoms with Crippen LogP contribution in [-0.4, -0.2) is 38.4 Å². The summed E-state index contributed by atoms with van der Waals surface area (Å²) in [6.07, 6.45) is 0. The van der Waals surface area contributed by atoms with E-state index in [0.717, 1.165) is 11.3 Å². The normalized spacial score (nSPS) is 10.3. The lowest BCUT2D eigenvalue weighted by atomic mass is 10.1. The molecular weight excluding hydrogens is 260 g/mol. The monoisotopic (exact) mass is 276 g/mol.